The van der Waals surface area contributed by atoms with Crippen molar-refractivity contribution in [2.75, 3.05) is 13.1 Å². The van der Waals surface area contributed by atoms with Gasteiger partial charge in [0, 0.05) is 24.4 Å². The van der Waals surface area contributed by atoms with E-state index in [-0.39, 0.29) is 52.3 Å². The van der Waals surface area contributed by atoms with Crippen molar-refractivity contribution in [1.82, 2.24) is 4.90 Å². The average molecular weight is 707 g/mol. The number of likely N-dealkylation sites (tertiary alicyclic amines) is 1. The first kappa shape index (κ1) is 34.7. The zero-order valence-corrected chi connectivity index (χ0v) is 31.3. The zero-order chi connectivity index (χ0) is 36.6. The lowest BCUT2D eigenvalue weighted by Crippen LogP contribution is -2.80. The predicted octanol–water partition coefficient (Wildman–Crippen LogP) is 7.24. The molecule has 1 saturated heterocycles. The second kappa shape index (κ2) is 10.8. The van der Waals surface area contributed by atoms with Crippen LogP contribution in [0.4, 0.5) is 4.79 Å². The van der Waals surface area contributed by atoms with Gasteiger partial charge in [0.2, 0.25) is 0 Å². The summed E-state index contributed by atoms with van der Waals surface area (Å²) in [5.74, 6) is -0.639. The quantitative estimate of drug-likeness (QED) is 0.342. The van der Waals surface area contributed by atoms with Gasteiger partial charge in [-0.25, -0.2) is 14.6 Å². The van der Waals surface area contributed by atoms with Crippen molar-refractivity contribution in [1.29, 1.82) is 0 Å². The number of carbonyl (C=O) groups is 3. The van der Waals surface area contributed by atoms with Crippen molar-refractivity contribution in [3.63, 3.8) is 0 Å². The molecule has 11 nitrogen and oxygen atoms in total. The minimum absolute atomic E-state index is 0.0313. The van der Waals surface area contributed by atoms with Gasteiger partial charge in [0.25, 0.3) is 0 Å². The van der Waals surface area contributed by atoms with E-state index < -0.39 is 39.7 Å². The van der Waals surface area contributed by atoms with Gasteiger partial charge < -0.3 is 28.3 Å². The Bertz CT molecular complexity index is 1820. The minimum Gasteiger partial charge on any atom is -0.481 e. The molecule has 1 spiro atoms. The summed E-state index contributed by atoms with van der Waals surface area (Å²) in [6.07, 6.45) is 9.72. The molecule has 10 atom stereocenters. The second-order valence-corrected chi connectivity index (χ2v) is 18.7. The van der Waals surface area contributed by atoms with E-state index in [1.54, 1.807) is 11.8 Å². The maximum absolute atomic E-state index is 15.0. The number of nitrogens with zero attached hydrogens (tertiary/aromatic N) is 2. The monoisotopic (exact) mass is 706 g/mol. The van der Waals surface area contributed by atoms with Crippen LogP contribution in [0.2, 0.25) is 0 Å². The van der Waals surface area contributed by atoms with Crippen LogP contribution in [0.5, 0.6) is 0 Å². The Labute approximate surface area is 299 Å². The molecule has 5 aliphatic carbocycles. The third-order valence-electron chi connectivity index (χ3n) is 16.5. The Morgan fingerprint density at radius 2 is 1.65 bits per heavy atom. The third kappa shape index (κ3) is 4.32. The van der Waals surface area contributed by atoms with Gasteiger partial charge in [-0.1, -0.05) is 33.3 Å². The minimum atomic E-state index is -0.822. The highest BCUT2D eigenvalue weighted by Gasteiger charge is 2.81. The fourth-order valence-electron chi connectivity index (χ4n) is 12.9. The molecule has 8 rings (SSSR count). The molecule has 0 bridgehead atoms. The van der Waals surface area contributed by atoms with Crippen LogP contribution in [0.3, 0.4) is 0 Å². The van der Waals surface area contributed by atoms with Crippen LogP contribution in [-0.2, 0) is 25.7 Å². The summed E-state index contributed by atoms with van der Waals surface area (Å²) in [6.45, 7) is 16.1. The summed E-state index contributed by atoms with van der Waals surface area (Å²) in [7, 11) is 0. The predicted molar refractivity (Wildman–Crippen MR) is 186 cm³/mol. The number of aryl methyl sites for hydroxylation is 1. The van der Waals surface area contributed by atoms with Gasteiger partial charge in [-0.15, -0.1) is 0 Å². The molecule has 0 radical (unpaired) electrons. The lowest BCUT2D eigenvalue weighted by molar-refractivity contribution is -0.215. The van der Waals surface area contributed by atoms with E-state index in [4.69, 9.17) is 23.3 Å². The number of fused-ring (bicyclic) bond motifs is 6. The summed E-state index contributed by atoms with van der Waals surface area (Å²) >= 11 is 0. The highest BCUT2D eigenvalue weighted by molar-refractivity contribution is 5.98. The molecule has 278 valence electrons. The number of aliphatic carboxylic acids is 1. The number of hydrogen-bond donors (Lipinski definition) is 1. The topological polar surface area (TPSA) is 149 Å². The number of carbonyl (C=O) groups excluding carboxylic acids is 2. The van der Waals surface area contributed by atoms with E-state index >= 15 is 0 Å². The average Bonchev–Trinajstić information content (AvgIpc) is 3.72. The molecule has 1 N–H and O–H groups in total. The molecule has 7 aliphatic rings. The normalized spacial score (nSPS) is 45.5. The molecule has 4 saturated carbocycles. The summed E-state index contributed by atoms with van der Waals surface area (Å²) < 4.78 is 23.1. The van der Waals surface area contributed by atoms with Gasteiger partial charge in [-0.2, -0.15) is 0 Å². The Hall–Kier alpha value is -3.37. The number of allylic oxidation sites excluding steroid dienone is 2. The Morgan fingerprint density at radius 3 is 2.31 bits per heavy atom. The Kier molecular flexibility index (Phi) is 7.38. The van der Waals surface area contributed by atoms with Crippen molar-refractivity contribution in [2.24, 2.45) is 49.3 Å². The maximum Gasteiger partial charge on any atom is 0.519 e. The van der Waals surface area contributed by atoms with E-state index in [1.807, 2.05) is 13.0 Å². The summed E-state index contributed by atoms with van der Waals surface area (Å²) in [6, 6.07) is 0. The van der Waals surface area contributed by atoms with E-state index in [0.717, 1.165) is 38.5 Å². The van der Waals surface area contributed by atoms with Crippen molar-refractivity contribution in [3.05, 3.63) is 33.8 Å². The first-order valence-corrected chi connectivity index (χ1v) is 19.2. The van der Waals surface area contributed by atoms with E-state index in [1.165, 1.54) is 5.57 Å². The number of ketones is 1. The van der Waals surface area contributed by atoms with Gasteiger partial charge in [0.1, 0.15) is 11.5 Å². The van der Waals surface area contributed by atoms with Gasteiger partial charge in [-0.05, 0) is 120 Å². The van der Waals surface area contributed by atoms with Crippen molar-refractivity contribution in [3.8, 4) is 0 Å². The second-order valence-electron chi connectivity index (χ2n) is 18.7. The summed E-state index contributed by atoms with van der Waals surface area (Å²) in [4.78, 5) is 60.0. The molecule has 2 aliphatic heterocycles. The summed E-state index contributed by atoms with van der Waals surface area (Å²) in [5.41, 5.74) is -2.46. The largest absolute Gasteiger partial charge is 0.519 e. The number of amides is 1. The SMILES string of the molecule is Cc1oc(=O)oc1COC1=N[C@@]23CC[C@]4(C)[C@H](C(=O)C=C5[C@@H]6C[C@@](C)(C(=O)O)CC[C@]6(C)CC[C@]54C)[C@@]2(C)CC[C@H](OC(=O)N2CCCC2)C13C. The molecule has 3 heterocycles. The molecular weight excluding hydrogens is 652 g/mol. The number of carboxylic acids is 1. The number of carboxylic acid groups (broad SMARTS) is 1. The molecule has 1 amide bonds. The molecule has 1 aromatic heterocycles. The molecule has 1 unspecified atom stereocenters. The lowest BCUT2D eigenvalue weighted by atomic mass is 9.30. The highest BCUT2D eigenvalue weighted by Crippen LogP contribution is 2.78. The Morgan fingerprint density at radius 1 is 0.941 bits per heavy atom. The Balaban J connectivity index is 1.19. The molecule has 5 fully saturated rings. The van der Waals surface area contributed by atoms with Crippen molar-refractivity contribution in [2.45, 2.75) is 137 Å². The fourth-order valence-corrected chi connectivity index (χ4v) is 12.9. The number of rotatable bonds is 4. The van der Waals surface area contributed by atoms with E-state index in [0.29, 0.717) is 56.9 Å². The van der Waals surface area contributed by atoms with E-state index in [9.17, 15) is 24.3 Å². The third-order valence-corrected chi connectivity index (χ3v) is 16.5. The molecular formula is C40H54N2O9. The van der Waals surface area contributed by atoms with Crippen LogP contribution in [0.15, 0.2) is 30.3 Å². The first-order valence-electron chi connectivity index (χ1n) is 19.2. The lowest BCUT2D eigenvalue weighted by Gasteiger charge is -2.75. The van der Waals surface area contributed by atoms with Crippen LogP contribution in [-0.4, -0.2) is 58.5 Å². The molecule has 51 heavy (non-hydrogen) atoms. The first-order chi connectivity index (χ1) is 23.9. The van der Waals surface area contributed by atoms with Crippen LogP contribution in [0.1, 0.15) is 124 Å². The summed E-state index contributed by atoms with van der Waals surface area (Å²) in [5, 5.41) is 10.3. The van der Waals surface area contributed by atoms with Crippen LogP contribution < -0.4 is 5.82 Å². The highest BCUT2D eigenvalue weighted by atomic mass is 16.6. The standard InChI is InChI=1S/C40H54N2O9/c1-23-27(50-33(47)49-23)22-48-30-39(7)28(51-32(46)42-18-8-9-19-42)10-11-38(6)29-26(43)20-24-25-21-35(3,31(44)45)13-12-34(25,2)14-15-36(24,4)37(29,5)16-17-40(38,39)41-30/h20,25,28-29H,8-19,21-22H2,1-7H3,(H,44,45)/t25-,28-,29-,34+,35-,36+,37+,38+,39?,40-/m0/s1. The number of aliphatic imine (C=N–C) groups is 1. The molecule has 1 aromatic rings. The van der Waals surface area contributed by atoms with Gasteiger partial charge in [-0.3, -0.25) is 9.59 Å². The van der Waals surface area contributed by atoms with Crippen LogP contribution in [0.25, 0.3) is 0 Å². The van der Waals surface area contributed by atoms with Gasteiger partial charge in [0.05, 0.1) is 11.0 Å². The van der Waals surface area contributed by atoms with Crippen LogP contribution >= 0.6 is 0 Å². The molecule has 11 heteroatoms. The smallest absolute Gasteiger partial charge is 0.481 e. The van der Waals surface area contributed by atoms with E-state index in [2.05, 4.69) is 34.6 Å². The van der Waals surface area contributed by atoms with Crippen molar-refractivity contribution < 1.29 is 37.8 Å². The number of hydrogen-bond acceptors (Lipinski definition) is 9. The maximum atomic E-state index is 15.0. The number of ether oxygens (including phenoxy) is 2. The molecule has 0 aromatic carbocycles. The fraction of sp³-hybridized carbons (Fsp3) is 0.775. The van der Waals surface area contributed by atoms with Crippen LogP contribution in [0, 0.1) is 51.2 Å². The van der Waals surface area contributed by atoms with Gasteiger partial charge in [0.15, 0.2) is 29.8 Å². The van der Waals surface area contributed by atoms with Gasteiger partial charge >= 0.3 is 17.9 Å². The van der Waals surface area contributed by atoms with Crippen molar-refractivity contribution >= 4 is 23.7 Å². The zero-order valence-electron chi connectivity index (χ0n) is 31.3.